The van der Waals surface area contributed by atoms with Crippen molar-refractivity contribution >= 4 is 27.3 Å². The summed E-state index contributed by atoms with van der Waals surface area (Å²) in [6.45, 7) is 1.43. The van der Waals surface area contributed by atoms with E-state index in [2.05, 4.69) is 4.72 Å². The molecule has 0 saturated carbocycles. The molecule has 7 heteroatoms. The summed E-state index contributed by atoms with van der Waals surface area (Å²) in [6.07, 6.45) is 6.14. The smallest absolute Gasteiger partial charge is 0.324 e. The summed E-state index contributed by atoms with van der Waals surface area (Å²) < 4.78 is 27.0. The molecule has 1 aromatic heterocycles. The van der Waals surface area contributed by atoms with E-state index in [9.17, 15) is 18.3 Å². The van der Waals surface area contributed by atoms with E-state index < -0.39 is 21.5 Å². The van der Waals surface area contributed by atoms with Gasteiger partial charge in [-0.05, 0) is 50.5 Å². The third-order valence-electron chi connectivity index (χ3n) is 3.56. The lowest BCUT2D eigenvalue weighted by Gasteiger charge is -2.28. The average Bonchev–Trinajstić information content (AvgIpc) is 2.93. The summed E-state index contributed by atoms with van der Waals surface area (Å²) in [6, 6.07) is 3.09. The zero-order valence-electron chi connectivity index (χ0n) is 11.8. The molecule has 5 nitrogen and oxygen atoms in total. The van der Waals surface area contributed by atoms with Crippen LogP contribution in [0.4, 0.5) is 0 Å². The number of carboxylic acids is 1. The van der Waals surface area contributed by atoms with E-state index in [1.165, 1.54) is 13.0 Å². The molecule has 0 aromatic carbocycles. The van der Waals surface area contributed by atoms with Gasteiger partial charge in [0.2, 0.25) is 0 Å². The van der Waals surface area contributed by atoms with Crippen LogP contribution in [-0.2, 0) is 14.8 Å². The number of sulfonamides is 1. The van der Waals surface area contributed by atoms with Crippen LogP contribution in [0.1, 0.15) is 39.0 Å². The Hall–Kier alpha value is -1.18. The lowest BCUT2D eigenvalue weighted by molar-refractivity contribution is -0.143. The van der Waals surface area contributed by atoms with Crippen molar-refractivity contribution in [2.45, 2.75) is 48.8 Å². The van der Waals surface area contributed by atoms with Gasteiger partial charge in [0.15, 0.2) is 0 Å². The first-order valence-corrected chi connectivity index (χ1v) is 9.18. The van der Waals surface area contributed by atoms with Gasteiger partial charge in [-0.15, -0.1) is 11.3 Å². The van der Waals surface area contributed by atoms with Gasteiger partial charge < -0.3 is 5.11 Å². The van der Waals surface area contributed by atoms with Gasteiger partial charge in [0.1, 0.15) is 9.75 Å². The summed E-state index contributed by atoms with van der Waals surface area (Å²) >= 11 is 1.07. The molecule has 2 N–H and O–H groups in total. The number of carbonyl (C=O) groups is 1. The molecule has 0 spiro atoms. The zero-order valence-corrected chi connectivity index (χ0v) is 13.5. The second-order valence-electron chi connectivity index (χ2n) is 5.46. The van der Waals surface area contributed by atoms with Crippen LogP contribution >= 0.6 is 11.3 Å². The highest BCUT2D eigenvalue weighted by atomic mass is 32.2. The minimum Gasteiger partial charge on any atom is -0.480 e. The van der Waals surface area contributed by atoms with Crippen molar-refractivity contribution in [2.75, 3.05) is 0 Å². The molecule has 0 aliphatic heterocycles. The molecule has 0 fully saturated rings. The van der Waals surface area contributed by atoms with Crippen LogP contribution in [0.5, 0.6) is 0 Å². The molecular weight excluding hydrogens is 310 g/mol. The first kappa shape index (κ1) is 16.2. The second kappa shape index (κ2) is 6.29. The number of thiophene rings is 1. The van der Waals surface area contributed by atoms with Gasteiger partial charge in [-0.2, -0.15) is 4.72 Å². The van der Waals surface area contributed by atoms with Crippen LogP contribution in [-0.4, -0.2) is 25.0 Å². The van der Waals surface area contributed by atoms with Crippen molar-refractivity contribution in [3.63, 3.8) is 0 Å². The third-order valence-corrected chi connectivity index (χ3v) is 6.55. The first-order chi connectivity index (χ1) is 9.83. The predicted octanol–water partition coefficient (Wildman–Crippen LogP) is 2.76. The Morgan fingerprint density at radius 1 is 1.48 bits per heavy atom. The molecule has 1 aromatic rings. The zero-order chi connectivity index (χ0) is 15.5. The molecule has 1 unspecified atom stereocenters. The van der Waals surface area contributed by atoms with Crippen LogP contribution in [0.25, 0.3) is 0 Å². The number of allylic oxidation sites excluding steroid dienone is 1. The molecule has 1 heterocycles. The maximum atomic E-state index is 12.3. The van der Waals surface area contributed by atoms with Gasteiger partial charge in [-0.25, -0.2) is 8.42 Å². The Morgan fingerprint density at radius 3 is 2.76 bits per heavy atom. The van der Waals surface area contributed by atoms with E-state index in [-0.39, 0.29) is 10.6 Å². The molecular formula is C14H19NO4S2. The Balaban J connectivity index is 2.22. The normalized spacial score (nSPS) is 18.8. The molecule has 116 valence electrons. The van der Waals surface area contributed by atoms with Crippen LogP contribution in [0.2, 0.25) is 0 Å². The van der Waals surface area contributed by atoms with Gasteiger partial charge in [-0.1, -0.05) is 17.7 Å². The summed E-state index contributed by atoms with van der Waals surface area (Å²) in [4.78, 5) is 11.6. The quantitative estimate of drug-likeness (QED) is 0.786. The number of carboxylic acid groups (broad SMARTS) is 1. The number of nitrogens with one attached hydrogen (secondary N) is 1. The maximum absolute atomic E-state index is 12.3. The standard InChI is InChI=1S/C14H19NO4S2/c1-14(13(16)17,10-11-6-3-2-4-7-11)15-21(18,19)12-8-5-9-20-12/h5-6,8-9,15H,2-4,7,10H2,1H3,(H,16,17). The van der Waals surface area contributed by atoms with Gasteiger partial charge in [-0.3, -0.25) is 4.79 Å². The van der Waals surface area contributed by atoms with Crippen molar-refractivity contribution < 1.29 is 18.3 Å². The molecule has 21 heavy (non-hydrogen) atoms. The van der Waals surface area contributed by atoms with Gasteiger partial charge in [0.25, 0.3) is 10.0 Å². The molecule has 0 bridgehead atoms. The molecule has 1 aliphatic rings. The van der Waals surface area contributed by atoms with Crippen molar-refractivity contribution in [3.8, 4) is 0 Å². The van der Waals surface area contributed by atoms with E-state index in [4.69, 9.17) is 0 Å². The lowest BCUT2D eigenvalue weighted by atomic mass is 9.88. The van der Waals surface area contributed by atoms with Gasteiger partial charge >= 0.3 is 5.97 Å². The van der Waals surface area contributed by atoms with Crippen LogP contribution in [0.15, 0.2) is 33.4 Å². The van der Waals surface area contributed by atoms with Crippen molar-refractivity contribution in [3.05, 3.63) is 29.2 Å². The van der Waals surface area contributed by atoms with E-state index >= 15 is 0 Å². The molecule has 2 rings (SSSR count). The Kier molecular flexibility index (Phi) is 4.85. The van der Waals surface area contributed by atoms with Gasteiger partial charge in [0.05, 0.1) is 0 Å². The number of rotatable bonds is 6. The Bertz CT molecular complexity index is 634. The first-order valence-electron chi connectivity index (χ1n) is 6.82. The average molecular weight is 329 g/mol. The molecule has 1 aliphatic carbocycles. The topological polar surface area (TPSA) is 83.5 Å². The monoisotopic (exact) mass is 329 g/mol. The highest BCUT2D eigenvalue weighted by molar-refractivity contribution is 7.91. The highest BCUT2D eigenvalue weighted by Gasteiger charge is 2.39. The van der Waals surface area contributed by atoms with Crippen LogP contribution < -0.4 is 4.72 Å². The van der Waals surface area contributed by atoms with Crippen molar-refractivity contribution in [2.24, 2.45) is 0 Å². The third kappa shape index (κ3) is 3.93. The maximum Gasteiger partial charge on any atom is 0.324 e. The fourth-order valence-corrected chi connectivity index (χ4v) is 4.80. The van der Waals surface area contributed by atoms with Crippen LogP contribution in [0, 0.1) is 0 Å². The Morgan fingerprint density at radius 2 is 2.24 bits per heavy atom. The number of hydrogen-bond acceptors (Lipinski definition) is 4. The second-order valence-corrected chi connectivity index (χ2v) is 8.32. The molecule has 1 atom stereocenters. The summed E-state index contributed by atoms with van der Waals surface area (Å²) in [5.41, 5.74) is -0.508. The Labute approximate surface area is 128 Å². The highest BCUT2D eigenvalue weighted by Crippen LogP contribution is 2.28. The molecule has 0 radical (unpaired) electrons. The van der Waals surface area contributed by atoms with Crippen molar-refractivity contribution in [1.29, 1.82) is 0 Å². The largest absolute Gasteiger partial charge is 0.480 e. The van der Waals surface area contributed by atoms with E-state index in [1.807, 2.05) is 6.08 Å². The fourth-order valence-electron chi connectivity index (χ4n) is 2.44. The molecule has 0 saturated heterocycles. The number of aliphatic carboxylic acids is 1. The minimum atomic E-state index is -3.81. The van der Waals surface area contributed by atoms with Crippen molar-refractivity contribution in [1.82, 2.24) is 4.72 Å². The summed E-state index contributed by atoms with van der Waals surface area (Å²) in [5.74, 6) is -1.16. The lowest BCUT2D eigenvalue weighted by Crippen LogP contribution is -2.52. The SMILES string of the molecule is CC(CC1=CCCCC1)(NS(=O)(=O)c1cccs1)C(=O)O. The predicted molar refractivity (Wildman–Crippen MR) is 81.8 cm³/mol. The summed E-state index contributed by atoms with van der Waals surface area (Å²) in [7, 11) is -3.81. The van der Waals surface area contributed by atoms with Crippen LogP contribution in [0.3, 0.4) is 0 Å². The summed E-state index contributed by atoms with van der Waals surface area (Å²) in [5, 5.41) is 11.1. The van der Waals surface area contributed by atoms with E-state index in [0.29, 0.717) is 0 Å². The number of hydrogen-bond donors (Lipinski definition) is 2. The fraction of sp³-hybridized carbons (Fsp3) is 0.500. The molecule has 0 amide bonds. The van der Waals surface area contributed by atoms with Gasteiger partial charge in [0, 0.05) is 0 Å². The van der Waals surface area contributed by atoms with E-state index in [0.717, 1.165) is 42.6 Å². The minimum absolute atomic E-state index is 0.132. The van der Waals surface area contributed by atoms with E-state index in [1.54, 1.807) is 11.4 Å².